The predicted molar refractivity (Wildman–Crippen MR) is 66.8 cm³/mol. The van der Waals surface area contributed by atoms with Gasteiger partial charge in [-0.2, -0.15) is 0 Å². The molecule has 2 aliphatic rings. The van der Waals surface area contributed by atoms with Gasteiger partial charge in [-0.3, -0.25) is 4.79 Å². The van der Waals surface area contributed by atoms with Crippen molar-refractivity contribution in [2.45, 2.75) is 51.2 Å². The molecule has 0 bridgehead atoms. The molecule has 1 aliphatic heterocycles. The molecule has 4 heteroatoms. The summed E-state index contributed by atoms with van der Waals surface area (Å²) in [6.07, 6.45) is 5.71. The summed E-state index contributed by atoms with van der Waals surface area (Å²) in [5, 5.41) is 6.33. The van der Waals surface area contributed by atoms with Gasteiger partial charge in [0.25, 0.3) is 5.91 Å². The van der Waals surface area contributed by atoms with Crippen LogP contribution >= 0.6 is 0 Å². The zero-order valence-electron chi connectivity index (χ0n) is 10.7. The number of hydrogen-bond acceptors (Lipinski definition) is 3. The molecular weight excluding hydrogens is 216 g/mol. The minimum absolute atomic E-state index is 0.0664. The molecule has 4 nitrogen and oxygen atoms in total. The third-order valence-electron chi connectivity index (χ3n) is 3.82. The summed E-state index contributed by atoms with van der Waals surface area (Å²) in [5.41, 5.74) is 0. The van der Waals surface area contributed by atoms with Crippen molar-refractivity contribution >= 4 is 5.91 Å². The molecule has 0 radical (unpaired) electrons. The average molecular weight is 240 g/mol. The lowest BCUT2D eigenvalue weighted by Crippen LogP contribution is -2.50. The molecule has 0 aromatic rings. The van der Waals surface area contributed by atoms with E-state index in [1.165, 1.54) is 19.3 Å². The number of amides is 1. The zero-order chi connectivity index (χ0) is 12.1. The van der Waals surface area contributed by atoms with Crippen LogP contribution in [0.2, 0.25) is 0 Å². The Hall–Kier alpha value is -0.610. The molecule has 2 rings (SSSR count). The van der Waals surface area contributed by atoms with Gasteiger partial charge in [-0.25, -0.2) is 0 Å². The van der Waals surface area contributed by atoms with E-state index in [9.17, 15) is 4.79 Å². The monoisotopic (exact) mass is 240 g/mol. The van der Waals surface area contributed by atoms with Gasteiger partial charge in [0.15, 0.2) is 0 Å². The number of morpholine rings is 1. The van der Waals surface area contributed by atoms with Gasteiger partial charge in [0, 0.05) is 19.1 Å². The number of carbonyl (C=O) groups excluding carboxylic acids is 1. The Labute approximate surface area is 103 Å². The molecule has 1 saturated carbocycles. The molecule has 98 valence electrons. The molecule has 3 unspecified atom stereocenters. The highest BCUT2D eigenvalue weighted by Crippen LogP contribution is 2.22. The lowest BCUT2D eigenvalue weighted by Gasteiger charge is -2.25. The van der Waals surface area contributed by atoms with E-state index in [-0.39, 0.29) is 12.0 Å². The van der Waals surface area contributed by atoms with E-state index in [1.54, 1.807) is 0 Å². The van der Waals surface area contributed by atoms with Crippen molar-refractivity contribution in [3.63, 3.8) is 0 Å². The average Bonchev–Trinajstić information content (AvgIpc) is 2.56. The van der Waals surface area contributed by atoms with Crippen LogP contribution < -0.4 is 10.6 Å². The lowest BCUT2D eigenvalue weighted by atomic mass is 10.0. The van der Waals surface area contributed by atoms with E-state index in [0.717, 1.165) is 25.3 Å². The molecule has 0 aromatic carbocycles. The highest BCUT2D eigenvalue weighted by molar-refractivity contribution is 5.81. The van der Waals surface area contributed by atoms with Crippen molar-refractivity contribution in [3.05, 3.63) is 0 Å². The fourth-order valence-electron chi connectivity index (χ4n) is 2.66. The smallest absolute Gasteiger partial charge is 0.250 e. The van der Waals surface area contributed by atoms with E-state index >= 15 is 0 Å². The maximum absolute atomic E-state index is 12.0. The van der Waals surface area contributed by atoms with Crippen molar-refractivity contribution in [1.82, 2.24) is 10.6 Å². The Bertz CT molecular complexity index is 252. The highest BCUT2D eigenvalue weighted by Gasteiger charge is 2.25. The molecule has 1 amide bonds. The molecule has 1 aliphatic carbocycles. The molecule has 0 aromatic heterocycles. The summed E-state index contributed by atoms with van der Waals surface area (Å²) < 4.78 is 5.46. The van der Waals surface area contributed by atoms with Crippen LogP contribution in [0, 0.1) is 5.92 Å². The number of carbonyl (C=O) groups is 1. The van der Waals surface area contributed by atoms with Gasteiger partial charge in [0.1, 0.15) is 6.10 Å². The van der Waals surface area contributed by atoms with Crippen LogP contribution in [0.4, 0.5) is 0 Å². The van der Waals surface area contributed by atoms with E-state index in [4.69, 9.17) is 4.74 Å². The Balaban J connectivity index is 1.76. The fraction of sp³-hybridized carbons (Fsp3) is 0.923. The largest absolute Gasteiger partial charge is 0.366 e. The number of nitrogens with one attached hydrogen (secondary N) is 2. The van der Waals surface area contributed by atoms with Crippen LogP contribution in [0.3, 0.4) is 0 Å². The quantitative estimate of drug-likeness (QED) is 0.710. The molecular formula is C13H24N2O2. The Kier molecular flexibility index (Phi) is 4.80. The number of rotatable bonds is 2. The number of hydrogen-bond donors (Lipinski definition) is 2. The molecule has 1 saturated heterocycles. The maximum atomic E-state index is 12.0. The number of ether oxygens (including phenoxy) is 1. The van der Waals surface area contributed by atoms with Gasteiger partial charge in [0.05, 0.1) is 6.61 Å². The summed E-state index contributed by atoms with van der Waals surface area (Å²) in [7, 11) is 0. The van der Waals surface area contributed by atoms with Crippen LogP contribution in [0.5, 0.6) is 0 Å². The van der Waals surface area contributed by atoms with Gasteiger partial charge < -0.3 is 15.4 Å². The summed E-state index contributed by atoms with van der Waals surface area (Å²) in [5.74, 6) is 0.876. The minimum atomic E-state index is -0.288. The summed E-state index contributed by atoms with van der Waals surface area (Å²) >= 11 is 0. The molecule has 2 N–H and O–H groups in total. The third kappa shape index (κ3) is 3.96. The van der Waals surface area contributed by atoms with Gasteiger partial charge in [-0.1, -0.05) is 19.8 Å². The molecule has 3 atom stereocenters. The topological polar surface area (TPSA) is 50.4 Å². The van der Waals surface area contributed by atoms with Crippen LogP contribution in [0.1, 0.15) is 39.0 Å². The zero-order valence-corrected chi connectivity index (χ0v) is 10.7. The minimum Gasteiger partial charge on any atom is -0.366 e. The Morgan fingerprint density at radius 1 is 1.29 bits per heavy atom. The Morgan fingerprint density at radius 2 is 2.18 bits per heavy atom. The maximum Gasteiger partial charge on any atom is 0.250 e. The first-order chi connectivity index (χ1) is 8.25. The highest BCUT2D eigenvalue weighted by atomic mass is 16.5. The first-order valence-corrected chi connectivity index (χ1v) is 6.88. The normalized spacial score (nSPS) is 35.0. The van der Waals surface area contributed by atoms with Gasteiger partial charge in [-0.05, 0) is 25.2 Å². The van der Waals surface area contributed by atoms with Crippen molar-refractivity contribution in [1.29, 1.82) is 0 Å². The predicted octanol–water partition coefficient (Wildman–Crippen LogP) is 1.06. The van der Waals surface area contributed by atoms with Crippen LogP contribution in [-0.4, -0.2) is 37.7 Å². The van der Waals surface area contributed by atoms with Crippen LogP contribution in [-0.2, 0) is 9.53 Å². The van der Waals surface area contributed by atoms with Gasteiger partial charge in [0.2, 0.25) is 0 Å². The fourth-order valence-corrected chi connectivity index (χ4v) is 2.66. The summed E-state index contributed by atoms with van der Waals surface area (Å²) in [6.45, 7) is 4.44. The molecule has 2 fully saturated rings. The molecule has 17 heavy (non-hydrogen) atoms. The van der Waals surface area contributed by atoms with Crippen LogP contribution in [0.25, 0.3) is 0 Å². The first-order valence-electron chi connectivity index (χ1n) is 6.88. The second-order valence-electron chi connectivity index (χ2n) is 5.38. The van der Waals surface area contributed by atoms with E-state index in [1.807, 2.05) is 0 Å². The van der Waals surface area contributed by atoms with Crippen LogP contribution in [0.15, 0.2) is 0 Å². The van der Waals surface area contributed by atoms with Gasteiger partial charge in [-0.15, -0.1) is 0 Å². The second kappa shape index (κ2) is 6.36. The van der Waals surface area contributed by atoms with Gasteiger partial charge >= 0.3 is 0 Å². The summed E-state index contributed by atoms with van der Waals surface area (Å²) in [6, 6.07) is 0.359. The first kappa shape index (κ1) is 12.8. The molecule has 1 heterocycles. The Morgan fingerprint density at radius 3 is 2.94 bits per heavy atom. The third-order valence-corrected chi connectivity index (χ3v) is 3.82. The SMILES string of the molecule is CC1CCCC(NC(=O)C2CNCCO2)CC1. The van der Waals surface area contributed by atoms with Crippen molar-refractivity contribution < 1.29 is 9.53 Å². The van der Waals surface area contributed by atoms with E-state index in [0.29, 0.717) is 19.2 Å². The van der Waals surface area contributed by atoms with Crippen molar-refractivity contribution in [2.75, 3.05) is 19.7 Å². The second-order valence-corrected chi connectivity index (χ2v) is 5.38. The molecule has 0 spiro atoms. The van der Waals surface area contributed by atoms with E-state index < -0.39 is 0 Å². The standard InChI is InChI=1S/C13H24N2O2/c1-10-3-2-4-11(6-5-10)15-13(16)12-9-14-7-8-17-12/h10-12,14H,2-9H2,1H3,(H,15,16). The van der Waals surface area contributed by atoms with Crippen molar-refractivity contribution in [3.8, 4) is 0 Å². The van der Waals surface area contributed by atoms with Crippen molar-refractivity contribution in [2.24, 2.45) is 5.92 Å². The van der Waals surface area contributed by atoms with E-state index in [2.05, 4.69) is 17.6 Å². The summed E-state index contributed by atoms with van der Waals surface area (Å²) in [4.78, 5) is 12.0. The lowest BCUT2D eigenvalue weighted by molar-refractivity contribution is -0.135.